The summed E-state index contributed by atoms with van der Waals surface area (Å²) in [5, 5.41) is 0. The van der Waals surface area contributed by atoms with Crippen LogP contribution in [0.2, 0.25) is 0 Å². The second kappa shape index (κ2) is 5.01. The van der Waals surface area contributed by atoms with Crippen LogP contribution in [0.1, 0.15) is 32.8 Å². The summed E-state index contributed by atoms with van der Waals surface area (Å²) >= 11 is 0. The molecular weight excluding hydrogens is 194 g/mol. The second-order valence-corrected chi connectivity index (χ2v) is 6.26. The molecule has 0 radical (unpaired) electrons. The Hall–Kier alpha value is -0.820. The van der Waals surface area contributed by atoms with E-state index in [1.165, 1.54) is 18.5 Å². The van der Waals surface area contributed by atoms with E-state index in [9.17, 15) is 0 Å². The van der Waals surface area contributed by atoms with Crippen LogP contribution in [0.15, 0.2) is 30.3 Å². The molecule has 0 aliphatic rings. The Morgan fingerprint density at radius 3 is 2.12 bits per heavy atom. The number of quaternary nitrogens is 1. The molecule has 0 amide bonds. The maximum Gasteiger partial charge on any atom is 0.104 e. The number of hydrogen-bond acceptors (Lipinski definition) is 0. The third kappa shape index (κ3) is 4.36. The van der Waals surface area contributed by atoms with Crippen LogP contribution in [0.3, 0.4) is 0 Å². The molecule has 0 aliphatic heterocycles. The van der Waals surface area contributed by atoms with Crippen molar-refractivity contribution in [1.82, 2.24) is 0 Å². The molecule has 0 aliphatic carbocycles. The molecule has 1 aromatic carbocycles. The average molecular weight is 220 g/mol. The first-order chi connectivity index (χ1) is 7.35. The van der Waals surface area contributed by atoms with Crippen molar-refractivity contribution in [2.75, 3.05) is 20.6 Å². The van der Waals surface area contributed by atoms with Crippen molar-refractivity contribution in [3.05, 3.63) is 35.9 Å². The molecule has 0 spiro atoms. The van der Waals surface area contributed by atoms with Crippen LogP contribution in [-0.4, -0.2) is 25.1 Å². The summed E-state index contributed by atoms with van der Waals surface area (Å²) in [5.74, 6) is 0. The first-order valence-corrected chi connectivity index (χ1v) is 6.21. The van der Waals surface area contributed by atoms with Gasteiger partial charge in [-0.05, 0) is 6.42 Å². The van der Waals surface area contributed by atoms with E-state index in [4.69, 9.17) is 0 Å². The van der Waals surface area contributed by atoms with Gasteiger partial charge in [0.05, 0.1) is 20.6 Å². The summed E-state index contributed by atoms with van der Waals surface area (Å²) in [6, 6.07) is 10.8. The van der Waals surface area contributed by atoms with Gasteiger partial charge in [0.1, 0.15) is 6.54 Å². The van der Waals surface area contributed by atoms with Crippen molar-refractivity contribution in [1.29, 1.82) is 0 Å². The number of rotatable bonds is 5. The highest BCUT2D eigenvalue weighted by atomic mass is 15.3. The summed E-state index contributed by atoms with van der Waals surface area (Å²) in [7, 11) is 4.65. The van der Waals surface area contributed by atoms with Crippen molar-refractivity contribution in [2.24, 2.45) is 5.41 Å². The van der Waals surface area contributed by atoms with Crippen molar-refractivity contribution in [2.45, 2.75) is 33.7 Å². The van der Waals surface area contributed by atoms with E-state index in [0.29, 0.717) is 5.41 Å². The molecule has 0 unspecified atom stereocenters. The highest BCUT2D eigenvalue weighted by Gasteiger charge is 2.27. The summed E-state index contributed by atoms with van der Waals surface area (Å²) in [5.41, 5.74) is 1.86. The fraction of sp³-hybridized carbons (Fsp3) is 0.600. The van der Waals surface area contributed by atoms with Crippen LogP contribution in [-0.2, 0) is 6.54 Å². The Kier molecular flexibility index (Phi) is 4.15. The maximum absolute atomic E-state index is 2.36. The molecule has 0 fully saturated rings. The molecule has 0 heterocycles. The van der Waals surface area contributed by atoms with Gasteiger partial charge in [0.2, 0.25) is 0 Å². The smallest absolute Gasteiger partial charge is 0.104 e. The maximum atomic E-state index is 2.36. The van der Waals surface area contributed by atoms with Crippen LogP contribution in [0.5, 0.6) is 0 Å². The Balaban J connectivity index is 2.65. The van der Waals surface area contributed by atoms with E-state index in [0.717, 1.165) is 11.0 Å². The van der Waals surface area contributed by atoms with Crippen LogP contribution < -0.4 is 0 Å². The number of nitrogens with zero attached hydrogens (tertiary/aromatic N) is 1. The summed E-state index contributed by atoms with van der Waals surface area (Å²) in [4.78, 5) is 0. The largest absolute Gasteiger partial charge is 0.324 e. The topological polar surface area (TPSA) is 0 Å². The van der Waals surface area contributed by atoms with Crippen LogP contribution in [0, 0.1) is 5.41 Å². The standard InChI is InChI=1S/C15H26N/c1-6-15(2,3)13-16(4,5)12-14-10-8-7-9-11-14/h7-11H,6,12-13H2,1-5H3/q+1. The molecule has 0 N–H and O–H groups in total. The third-order valence-corrected chi connectivity index (χ3v) is 3.27. The van der Waals surface area contributed by atoms with Crippen molar-refractivity contribution in [3.63, 3.8) is 0 Å². The van der Waals surface area contributed by atoms with Gasteiger partial charge in [-0.15, -0.1) is 0 Å². The zero-order valence-electron chi connectivity index (χ0n) is 11.5. The Labute approximate surface area is 101 Å². The zero-order chi connectivity index (χ0) is 12.2. The van der Waals surface area contributed by atoms with Gasteiger partial charge in [-0.1, -0.05) is 51.1 Å². The molecule has 0 saturated heterocycles. The summed E-state index contributed by atoms with van der Waals surface area (Å²) < 4.78 is 1.06. The average Bonchev–Trinajstić information content (AvgIpc) is 2.17. The highest BCUT2D eigenvalue weighted by molar-refractivity contribution is 5.13. The lowest BCUT2D eigenvalue weighted by Crippen LogP contribution is -2.45. The monoisotopic (exact) mass is 220 g/mol. The highest BCUT2D eigenvalue weighted by Crippen LogP contribution is 2.24. The second-order valence-electron chi connectivity index (χ2n) is 6.26. The fourth-order valence-electron chi connectivity index (χ4n) is 2.40. The predicted octanol–water partition coefficient (Wildman–Crippen LogP) is 3.70. The Morgan fingerprint density at radius 2 is 1.62 bits per heavy atom. The van der Waals surface area contributed by atoms with Gasteiger partial charge in [0.15, 0.2) is 0 Å². The SMILES string of the molecule is CCC(C)(C)C[N+](C)(C)Cc1ccccc1. The lowest BCUT2D eigenvalue weighted by atomic mass is 9.89. The van der Waals surface area contributed by atoms with Gasteiger partial charge in [-0.25, -0.2) is 0 Å². The molecular formula is C15H26N+. The van der Waals surface area contributed by atoms with E-state index < -0.39 is 0 Å². The van der Waals surface area contributed by atoms with Crippen LogP contribution in [0.4, 0.5) is 0 Å². The molecule has 16 heavy (non-hydrogen) atoms. The van der Waals surface area contributed by atoms with Gasteiger partial charge in [0.25, 0.3) is 0 Å². The van der Waals surface area contributed by atoms with Crippen LogP contribution >= 0.6 is 0 Å². The molecule has 90 valence electrons. The lowest BCUT2D eigenvalue weighted by molar-refractivity contribution is -0.909. The molecule has 0 atom stereocenters. The Bertz CT molecular complexity index is 311. The van der Waals surface area contributed by atoms with Crippen molar-refractivity contribution >= 4 is 0 Å². The van der Waals surface area contributed by atoms with Gasteiger partial charge in [-0.2, -0.15) is 0 Å². The lowest BCUT2D eigenvalue weighted by Gasteiger charge is -2.37. The van der Waals surface area contributed by atoms with Gasteiger partial charge in [0, 0.05) is 11.0 Å². The van der Waals surface area contributed by atoms with Crippen molar-refractivity contribution < 1.29 is 4.48 Å². The van der Waals surface area contributed by atoms with Gasteiger partial charge < -0.3 is 4.48 Å². The predicted molar refractivity (Wildman–Crippen MR) is 71.2 cm³/mol. The minimum Gasteiger partial charge on any atom is -0.324 e. The molecule has 1 nitrogen and oxygen atoms in total. The fourth-order valence-corrected chi connectivity index (χ4v) is 2.40. The first kappa shape index (κ1) is 13.2. The van der Waals surface area contributed by atoms with E-state index in [1.54, 1.807) is 0 Å². The minimum atomic E-state index is 0.429. The van der Waals surface area contributed by atoms with E-state index in [1.807, 2.05) is 0 Å². The van der Waals surface area contributed by atoms with Crippen molar-refractivity contribution in [3.8, 4) is 0 Å². The normalized spacial score (nSPS) is 12.8. The van der Waals surface area contributed by atoms with E-state index in [-0.39, 0.29) is 0 Å². The van der Waals surface area contributed by atoms with E-state index in [2.05, 4.69) is 65.2 Å². The molecule has 1 heteroatoms. The molecule has 0 saturated carbocycles. The first-order valence-electron chi connectivity index (χ1n) is 6.21. The Morgan fingerprint density at radius 1 is 1.06 bits per heavy atom. The molecule has 1 aromatic rings. The molecule has 0 bridgehead atoms. The number of hydrogen-bond donors (Lipinski definition) is 0. The van der Waals surface area contributed by atoms with Gasteiger partial charge >= 0.3 is 0 Å². The van der Waals surface area contributed by atoms with Gasteiger partial charge in [-0.3, -0.25) is 0 Å². The van der Waals surface area contributed by atoms with Crippen LogP contribution in [0.25, 0.3) is 0 Å². The molecule has 1 rings (SSSR count). The molecule has 0 aromatic heterocycles. The van der Waals surface area contributed by atoms with E-state index >= 15 is 0 Å². The summed E-state index contributed by atoms with van der Waals surface area (Å²) in [6.07, 6.45) is 1.24. The number of benzene rings is 1. The quantitative estimate of drug-likeness (QED) is 0.664. The minimum absolute atomic E-state index is 0.429. The third-order valence-electron chi connectivity index (χ3n) is 3.27. The zero-order valence-corrected chi connectivity index (χ0v) is 11.5. The summed E-state index contributed by atoms with van der Waals surface area (Å²) in [6.45, 7) is 9.33.